The normalized spacial score (nSPS) is 26.6. The van der Waals surface area contributed by atoms with E-state index in [2.05, 4.69) is 5.10 Å². The van der Waals surface area contributed by atoms with E-state index in [0.717, 1.165) is 46.4 Å². The van der Waals surface area contributed by atoms with Crippen LogP contribution in [0.25, 0.3) is 0 Å². The number of amides is 3. The van der Waals surface area contributed by atoms with Crippen LogP contribution in [0.1, 0.15) is 68.4 Å². The zero-order valence-electron chi connectivity index (χ0n) is 26.5. The third-order valence-corrected chi connectivity index (χ3v) is 11.3. The Hall–Kier alpha value is -4.06. The number of benzene rings is 2. The van der Waals surface area contributed by atoms with Gasteiger partial charge in [-0.2, -0.15) is 10.1 Å². The second kappa shape index (κ2) is 10.8. The third kappa shape index (κ3) is 4.35. The van der Waals surface area contributed by atoms with Gasteiger partial charge in [0.2, 0.25) is 5.75 Å². The predicted octanol–water partition coefficient (Wildman–Crippen LogP) is 5.22. The average molecular weight is 636 g/mol. The summed E-state index contributed by atoms with van der Waals surface area (Å²) in [7, 11) is 4.52. The largest absolute Gasteiger partial charge is 0.493 e. The lowest BCUT2D eigenvalue weighted by Gasteiger charge is -2.38. The van der Waals surface area contributed by atoms with E-state index in [0.29, 0.717) is 47.9 Å². The highest BCUT2D eigenvalue weighted by Crippen LogP contribution is 2.66. The maximum absolute atomic E-state index is 14.0. The zero-order chi connectivity index (χ0) is 32.5. The van der Waals surface area contributed by atoms with Gasteiger partial charge >= 0.3 is 11.2 Å². The van der Waals surface area contributed by atoms with Gasteiger partial charge in [-0.15, -0.1) is 0 Å². The molecule has 1 aliphatic carbocycles. The summed E-state index contributed by atoms with van der Waals surface area (Å²) in [4.78, 5) is 55.6. The molecule has 1 saturated heterocycles. The van der Waals surface area contributed by atoms with Crippen LogP contribution in [-0.4, -0.2) is 72.5 Å². The van der Waals surface area contributed by atoms with Crippen molar-refractivity contribution in [2.75, 3.05) is 32.8 Å². The van der Waals surface area contributed by atoms with E-state index in [-0.39, 0.29) is 11.2 Å². The molecule has 0 radical (unpaired) electrons. The van der Waals surface area contributed by atoms with E-state index in [9.17, 15) is 19.2 Å². The number of rotatable bonds is 6. The third-order valence-electron chi connectivity index (χ3n) is 10.3. The molecule has 2 fully saturated rings. The summed E-state index contributed by atoms with van der Waals surface area (Å²) < 4.78 is 22.1. The molecule has 4 aliphatic rings. The number of carbonyl (C=O) groups excluding carboxylic acids is 4. The van der Waals surface area contributed by atoms with Crippen LogP contribution in [0.4, 0.5) is 10.5 Å². The van der Waals surface area contributed by atoms with Crippen LogP contribution >= 0.6 is 11.8 Å². The average Bonchev–Trinajstić information content (AvgIpc) is 3.33. The molecule has 45 heavy (non-hydrogen) atoms. The number of hydrogen-bond donors (Lipinski definition) is 0. The van der Waals surface area contributed by atoms with E-state index in [4.69, 9.17) is 18.9 Å². The molecule has 3 aliphatic heterocycles. The van der Waals surface area contributed by atoms with Crippen LogP contribution in [0, 0.1) is 10.8 Å². The SMILES string of the molecule is COc1cc(C(=O)N2CCCc3cc(C4=NN(C(=O)C56CCC(C)(C(=O)O5)C6(C)C)C(=O)SC4C)ccc32)cc(OC)c1OC. The molecule has 2 aromatic rings. The Morgan fingerprint density at radius 3 is 2.27 bits per heavy atom. The maximum Gasteiger partial charge on any atom is 0.313 e. The number of carbonyl (C=O) groups is 4. The fourth-order valence-corrected chi connectivity index (χ4v) is 7.95. The van der Waals surface area contributed by atoms with Gasteiger partial charge in [0.25, 0.3) is 11.8 Å². The van der Waals surface area contributed by atoms with Crippen molar-refractivity contribution in [1.29, 1.82) is 0 Å². The zero-order valence-corrected chi connectivity index (χ0v) is 27.3. The number of aryl methyl sites for hydroxylation is 1. The van der Waals surface area contributed by atoms with Crippen molar-refractivity contribution in [3.8, 4) is 17.2 Å². The first-order valence-electron chi connectivity index (χ1n) is 15.0. The molecular weight excluding hydrogens is 598 g/mol. The Morgan fingerprint density at radius 1 is 1.00 bits per heavy atom. The van der Waals surface area contributed by atoms with Gasteiger partial charge in [0, 0.05) is 23.2 Å². The minimum Gasteiger partial charge on any atom is -0.493 e. The highest BCUT2D eigenvalue weighted by atomic mass is 32.2. The molecule has 3 atom stereocenters. The topological polar surface area (TPSA) is 124 Å². The number of fused-ring (bicyclic) bond motifs is 3. The van der Waals surface area contributed by atoms with Crippen LogP contribution in [0.15, 0.2) is 35.4 Å². The number of ether oxygens (including phenoxy) is 4. The Kier molecular flexibility index (Phi) is 7.42. The van der Waals surface area contributed by atoms with Crippen molar-refractivity contribution in [3.63, 3.8) is 0 Å². The first kappa shape index (κ1) is 30.9. The lowest BCUT2D eigenvalue weighted by atomic mass is 9.66. The second-order valence-electron chi connectivity index (χ2n) is 12.6. The van der Waals surface area contributed by atoms with Crippen LogP contribution < -0.4 is 19.1 Å². The summed E-state index contributed by atoms with van der Waals surface area (Å²) in [6.45, 7) is 7.93. The first-order valence-corrected chi connectivity index (χ1v) is 15.8. The van der Waals surface area contributed by atoms with Gasteiger partial charge in [-0.3, -0.25) is 19.2 Å². The van der Waals surface area contributed by atoms with E-state index >= 15 is 0 Å². The second-order valence-corrected chi connectivity index (χ2v) is 13.9. The minimum absolute atomic E-state index is 0.208. The summed E-state index contributed by atoms with van der Waals surface area (Å²) in [6.07, 6.45) is 2.33. The van der Waals surface area contributed by atoms with E-state index < -0.39 is 33.5 Å². The Morgan fingerprint density at radius 2 is 1.69 bits per heavy atom. The van der Waals surface area contributed by atoms with Gasteiger partial charge in [-0.25, -0.2) is 0 Å². The van der Waals surface area contributed by atoms with Crippen LogP contribution in [0.3, 0.4) is 0 Å². The van der Waals surface area contributed by atoms with E-state index in [1.165, 1.54) is 21.3 Å². The van der Waals surface area contributed by atoms with Crippen LogP contribution in [0.2, 0.25) is 0 Å². The molecule has 3 amide bonds. The number of hydrogen-bond acceptors (Lipinski definition) is 10. The number of nitrogens with zero attached hydrogens (tertiary/aromatic N) is 3. The molecule has 238 valence electrons. The molecule has 2 bridgehead atoms. The summed E-state index contributed by atoms with van der Waals surface area (Å²) in [5.41, 5.74) is 0.358. The molecule has 6 rings (SSSR count). The fourth-order valence-electron chi connectivity index (χ4n) is 7.13. The van der Waals surface area contributed by atoms with Crippen molar-refractivity contribution in [3.05, 3.63) is 47.0 Å². The van der Waals surface area contributed by atoms with Gasteiger partial charge in [-0.1, -0.05) is 31.7 Å². The van der Waals surface area contributed by atoms with Crippen LogP contribution in [0.5, 0.6) is 17.2 Å². The molecule has 0 spiro atoms. The highest BCUT2D eigenvalue weighted by molar-refractivity contribution is 8.14. The summed E-state index contributed by atoms with van der Waals surface area (Å²) >= 11 is 1.01. The minimum atomic E-state index is -1.45. The molecule has 12 heteroatoms. The first-order chi connectivity index (χ1) is 21.3. The molecular formula is C33H37N3O8S. The summed E-state index contributed by atoms with van der Waals surface area (Å²) in [5, 5.41) is 4.67. The van der Waals surface area contributed by atoms with E-state index in [1.54, 1.807) is 17.0 Å². The highest BCUT2D eigenvalue weighted by Gasteiger charge is 2.76. The lowest BCUT2D eigenvalue weighted by molar-refractivity contribution is -0.172. The molecule has 11 nitrogen and oxygen atoms in total. The number of methoxy groups -OCH3 is 3. The van der Waals surface area contributed by atoms with Crippen molar-refractivity contribution in [2.24, 2.45) is 15.9 Å². The smallest absolute Gasteiger partial charge is 0.313 e. The predicted molar refractivity (Wildman–Crippen MR) is 168 cm³/mol. The van der Waals surface area contributed by atoms with Crippen LogP contribution in [-0.2, 0) is 20.7 Å². The van der Waals surface area contributed by atoms with Gasteiger partial charge in [0.05, 0.1) is 37.7 Å². The summed E-state index contributed by atoms with van der Waals surface area (Å²) in [6, 6.07) is 8.99. The Balaban J connectivity index is 1.33. The molecule has 0 N–H and O–H groups in total. The number of hydrazone groups is 1. The Labute approximate surface area is 266 Å². The molecule has 1 saturated carbocycles. The van der Waals surface area contributed by atoms with E-state index in [1.807, 2.05) is 45.9 Å². The number of esters is 1. The Bertz CT molecular complexity index is 1650. The van der Waals surface area contributed by atoms with Gasteiger partial charge in [-0.05, 0) is 74.9 Å². The van der Waals surface area contributed by atoms with Gasteiger partial charge in [0.15, 0.2) is 17.1 Å². The van der Waals surface area contributed by atoms with Crippen molar-refractivity contribution >= 4 is 46.2 Å². The number of imide groups is 1. The number of thioether (sulfide) groups is 1. The number of anilines is 1. The quantitative estimate of drug-likeness (QED) is 0.393. The molecule has 2 aromatic carbocycles. The van der Waals surface area contributed by atoms with Gasteiger partial charge in [0.1, 0.15) is 0 Å². The molecule has 0 aromatic heterocycles. The monoisotopic (exact) mass is 635 g/mol. The van der Waals surface area contributed by atoms with Crippen molar-refractivity contribution in [1.82, 2.24) is 5.01 Å². The molecule has 3 unspecified atom stereocenters. The summed E-state index contributed by atoms with van der Waals surface area (Å²) in [5.74, 6) is -0.0452. The van der Waals surface area contributed by atoms with Gasteiger partial charge < -0.3 is 23.8 Å². The van der Waals surface area contributed by atoms with Crippen molar-refractivity contribution < 1.29 is 38.1 Å². The van der Waals surface area contributed by atoms with Crippen molar-refractivity contribution in [2.45, 2.75) is 64.2 Å². The fraction of sp³-hybridized carbons (Fsp3) is 0.485. The lowest BCUT2D eigenvalue weighted by Crippen LogP contribution is -2.55. The standard InChI is InChI=1S/C33H37N3O8S/c1-18-25(34-36(30(40)45-18)28(38)33-13-12-32(4,29(39)44-33)31(33,2)3)20-10-11-22-19(15-20)9-8-14-35(22)27(37)21-16-23(41-5)26(43-7)24(17-21)42-6/h10-11,15-18H,8-9,12-14H2,1-7H3. The molecule has 3 heterocycles. The maximum atomic E-state index is 14.0.